The van der Waals surface area contributed by atoms with Gasteiger partial charge in [-0.25, -0.2) is 4.98 Å². The van der Waals surface area contributed by atoms with Crippen LogP contribution in [0.15, 0.2) is 34.4 Å². The summed E-state index contributed by atoms with van der Waals surface area (Å²) < 4.78 is 7.32. The summed E-state index contributed by atoms with van der Waals surface area (Å²) in [7, 11) is 0. The summed E-state index contributed by atoms with van der Waals surface area (Å²) in [5, 5.41) is 6.04. The zero-order valence-electron chi connectivity index (χ0n) is 10.3. The Labute approximate surface area is 109 Å². The molecule has 0 unspecified atom stereocenters. The molecule has 3 aromatic heterocycles. The van der Waals surface area contributed by atoms with Crippen molar-refractivity contribution in [2.75, 3.05) is 0 Å². The molecule has 0 aliphatic heterocycles. The van der Waals surface area contributed by atoms with Crippen molar-refractivity contribution in [3.63, 3.8) is 0 Å². The summed E-state index contributed by atoms with van der Waals surface area (Å²) in [4.78, 5) is 5.59. The van der Waals surface area contributed by atoms with E-state index in [1.807, 2.05) is 32.3 Å². The number of hydrogen-bond donors (Lipinski definition) is 0. The van der Waals surface area contributed by atoms with Gasteiger partial charge in [-0.2, -0.15) is 0 Å². The maximum Gasteiger partial charge on any atom is 0.150 e. The molecule has 3 heterocycles. The molecule has 0 aliphatic rings. The lowest BCUT2D eigenvalue weighted by Crippen LogP contribution is -2.02. The maximum absolute atomic E-state index is 5.19. The van der Waals surface area contributed by atoms with Gasteiger partial charge in [0.05, 0.1) is 17.1 Å². The smallest absolute Gasteiger partial charge is 0.150 e. The number of imidazole rings is 1. The fraction of sp³-hybridized carbons (Fsp3) is 0.231. The molecule has 0 spiro atoms. The van der Waals surface area contributed by atoms with E-state index in [0.717, 1.165) is 29.4 Å². The molecule has 0 saturated heterocycles. The number of nitrogens with zero attached hydrogens (tertiary/aromatic N) is 3. The lowest BCUT2D eigenvalue weighted by molar-refractivity contribution is 0.392. The monoisotopic (exact) mass is 259 g/mol. The zero-order valence-corrected chi connectivity index (χ0v) is 11.1. The van der Waals surface area contributed by atoms with E-state index in [-0.39, 0.29) is 0 Å². The molecule has 3 rings (SSSR count). The Kier molecular flexibility index (Phi) is 2.76. The van der Waals surface area contributed by atoms with Gasteiger partial charge in [0.1, 0.15) is 11.6 Å². The molecule has 0 N–H and O–H groups in total. The lowest BCUT2D eigenvalue weighted by atomic mass is 10.2. The first-order chi connectivity index (χ1) is 8.75. The molecule has 3 aromatic rings. The van der Waals surface area contributed by atoms with Crippen LogP contribution in [0.25, 0.3) is 10.7 Å². The standard InChI is InChI=1S/C13H13N3OS/c1-9-11(10(2)17-15-9)8-16-6-5-14-13(16)12-4-3-7-18-12/h3-7H,8H2,1-2H3. The third kappa shape index (κ3) is 1.86. The van der Waals surface area contributed by atoms with Gasteiger partial charge in [-0.05, 0) is 25.3 Å². The number of thiophene rings is 1. The molecule has 0 bridgehead atoms. The van der Waals surface area contributed by atoms with E-state index in [4.69, 9.17) is 4.52 Å². The number of hydrogen-bond acceptors (Lipinski definition) is 4. The van der Waals surface area contributed by atoms with Crippen molar-refractivity contribution in [2.45, 2.75) is 20.4 Å². The molecule has 0 saturated carbocycles. The van der Waals surface area contributed by atoms with E-state index in [1.165, 1.54) is 4.88 Å². The minimum absolute atomic E-state index is 0.744. The first-order valence-corrected chi connectivity index (χ1v) is 6.60. The van der Waals surface area contributed by atoms with E-state index in [1.54, 1.807) is 11.3 Å². The van der Waals surface area contributed by atoms with Crippen molar-refractivity contribution >= 4 is 11.3 Å². The third-order valence-corrected chi connectivity index (χ3v) is 3.83. The van der Waals surface area contributed by atoms with Gasteiger partial charge in [0.2, 0.25) is 0 Å². The highest BCUT2D eigenvalue weighted by Crippen LogP contribution is 2.24. The minimum atomic E-state index is 0.744. The van der Waals surface area contributed by atoms with Gasteiger partial charge < -0.3 is 9.09 Å². The number of aryl methyl sites for hydroxylation is 2. The topological polar surface area (TPSA) is 43.9 Å². The quantitative estimate of drug-likeness (QED) is 0.725. The Balaban J connectivity index is 1.97. The van der Waals surface area contributed by atoms with Gasteiger partial charge in [-0.15, -0.1) is 11.3 Å². The highest BCUT2D eigenvalue weighted by Gasteiger charge is 2.13. The molecular formula is C13H13N3OS. The Morgan fingerprint density at radius 3 is 2.94 bits per heavy atom. The maximum atomic E-state index is 5.19. The van der Waals surface area contributed by atoms with Crippen LogP contribution in [0.3, 0.4) is 0 Å². The van der Waals surface area contributed by atoms with Crippen LogP contribution in [-0.2, 0) is 6.54 Å². The largest absolute Gasteiger partial charge is 0.361 e. The Morgan fingerprint density at radius 1 is 1.39 bits per heavy atom. The van der Waals surface area contributed by atoms with Gasteiger partial charge in [0, 0.05) is 18.0 Å². The Hall–Kier alpha value is -1.88. The van der Waals surface area contributed by atoms with E-state index in [9.17, 15) is 0 Å². The summed E-state index contributed by atoms with van der Waals surface area (Å²) in [6.07, 6.45) is 3.81. The average Bonchev–Trinajstić information content (AvgIpc) is 3.06. The molecule has 92 valence electrons. The summed E-state index contributed by atoms with van der Waals surface area (Å²) in [5.74, 6) is 1.86. The zero-order chi connectivity index (χ0) is 12.5. The van der Waals surface area contributed by atoms with Crippen molar-refractivity contribution in [1.82, 2.24) is 14.7 Å². The fourth-order valence-electron chi connectivity index (χ4n) is 1.97. The minimum Gasteiger partial charge on any atom is -0.361 e. The summed E-state index contributed by atoms with van der Waals surface area (Å²) in [5.41, 5.74) is 2.07. The SMILES string of the molecule is Cc1noc(C)c1Cn1ccnc1-c1cccs1. The molecule has 0 aliphatic carbocycles. The second-order valence-electron chi connectivity index (χ2n) is 4.16. The Morgan fingerprint density at radius 2 is 2.28 bits per heavy atom. The van der Waals surface area contributed by atoms with Crippen LogP contribution in [0.1, 0.15) is 17.0 Å². The van der Waals surface area contributed by atoms with Gasteiger partial charge in [0.15, 0.2) is 0 Å². The second-order valence-corrected chi connectivity index (χ2v) is 5.11. The predicted molar refractivity (Wildman–Crippen MR) is 70.6 cm³/mol. The molecule has 0 amide bonds. The van der Waals surface area contributed by atoms with Crippen LogP contribution in [0.4, 0.5) is 0 Å². The molecule has 18 heavy (non-hydrogen) atoms. The normalized spacial score (nSPS) is 11.0. The lowest BCUT2D eigenvalue weighted by Gasteiger charge is -2.05. The molecule has 0 radical (unpaired) electrons. The van der Waals surface area contributed by atoms with Gasteiger partial charge in [0.25, 0.3) is 0 Å². The van der Waals surface area contributed by atoms with Crippen LogP contribution in [0.2, 0.25) is 0 Å². The predicted octanol–water partition coefficient (Wildman–Crippen LogP) is 3.26. The molecule has 0 fully saturated rings. The molecule has 0 aromatic carbocycles. The van der Waals surface area contributed by atoms with Crippen molar-refractivity contribution < 1.29 is 4.52 Å². The molecular weight excluding hydrogens is 246 g/mol. The van der Waals surface area contributed by atoms with Gasteiger partial charge in [-0.3, -0.25) is 0 Å². The summed E-state index contributed by atoms with van der Waals surface area (Å²) in [6, 6.07) is 4.12. The number of rotatable bonds is 3. The summed E-state index contributed by atoms with van der Waals surface area (Å²) >= 11 is 1.69. The second kappa shape index (κ2) is 4.42. The van der Waals surface area contributed by atoms with E-state index < -0.39 is 0 Å². The van der Waals surface area contributed by atoms with Gasteiger partial charge >= 0.3 is 0 Å². The molecule has 0 atom stereocenters. The van der Waals surface area contributed by atoms with Gasteiger partial charge in [-0.1, -0.05) is 11.2 Å². The van der Waals surface area contributed by atoms with E-state index in [2.05, 4.69) is 26.2 Å². The van der Waals surface area contributed by atoms with Crippen molar-refractivity contribution in [3.8, 4) is 10.7 Å². The van der Waals surface area contributed by atoms with Crippen molar-refractivity contribution in [2.24, 2.45) is 0 Å². The van der Waals surface area contributed by atoms with Crippen LogP contribution in [0, 0.1) is 13.8 Å². The van der Waals surface area contributed by atoms with Crippen LogP contribution < -0.4 is 0 Å². The molecule has 4 nitrogen and oxygen atoms in total. The van der Waals surface area contributed by atoms with Crippen molar-refractivity contribution in [1.29, 1.82) is 0 Å². The fourth-order valence-corrected chi connectivity index (χ4v) is 2.70. The van der Waals surface area contributed by atoms with E-state index >= 15 is 0 Å². The van der Waals surface area contributed by atoms with Crippen LogP contribution >= 0.6 is 11.3 Å². The van der Waals surface area contributed by atoms with Crippen LogP contribution in [0.5, 0.6) is 0 Å². The average molecular weight is 259 g/mol. The molecule has 5 heteroatoms. The first kappa shape index (κ1) is 11.2. The highest BCUT2D eigenvalue weighted by molar-refractivity contribution is 7.13. The van der Waals surface area contributed by atoms with Crippen molar-refractivity contribution in [3.05, 3.63) is 46.9 Å². The highest BCUT2D eigenvalue weighted by atomic mass is 32.1. The van der Waals surface area contributed by atoms with Crippen LogP contribution in [-0.4, -0.2) is 14.7 Å². The Bertz CT molecular complexity index is 632. The van der Waals surface area contributed by atoms with E-state index in [0.29, 0.717) is 0 Å². The summed E-state index contributed by atoms with van der Waals surface area (Å²) in [6.45, 7) is 4.65. The number of aromatic nitrogens is 3. The first-order valence-electron chi connectivity index (χ1n) is 5.72. The third-order valence-electron chi connectivity index (χ3n) is 2.97.